The molecule has 0 fully saturated rings. The Morgan fingerprint density at radius 1 is 1.33 bits per heavy atom. The van der Waals surface area contributed by atoms with Gasteiger partial charge in [0, 0.05) is 6.07 Å². The van der Waals surface area contributed by atoms with Crippen molar-refractivity contribution in [1.29, 1.82) is 0 Å². The van der Waals surface area contributed by atoms with Crippen LogP contribution in [0.4, 0.5) is 17.6 Å². The first-order valence-electron chi connectivity index (χ1n) is 4.13. The van der Waals surface area contributed by atoms with E-state index >= 15 is 0 Å². The van der Waals surface area contributed by atoms with Gasteiger partial charge in [0.25, 0.3) is 0 Å². The molecule has 0 unspecified atom stereocenters. The summed E-state index contributed by atoms with van der Waals surface area (Å²) in [6, 6.07) is 1.57. The molecule has 0 bridgehead atoms. The summed E-state index contributed by atoms with van der Waals surface area (Å²) < 4.78 is 4.57. The molecule has 0 radical (unpaired) electrons. The summed E-state index contributed by atoms with van der Waals surface area (Å²) in [6.45, 7) is 0.381. The van der Waals surface area contributed by atoms with Gasteiger partial charge in [-0.2, -0.15) is 15.0 Å². The fourth-order valence-corrected chi connectivity index (χ4v) is 1.02. The third-order valence-corrected chi connectivity index (χ3v) is 1.60. The van der Waals surface area contributed by atoms with Crippen LogP contribution in [-0.2, 0) is 6.54 Å². The zero-order valence-corrected chi connectivity index (χ0v) is 7.71. The Labute approximate surface area is 84.7 Å². The zero-order chi connectivity index (χ0) is 10.7. The van der Waals surface area contributed by atoms with Crippen LogP contribution in [0.5, 0.6) is 0 Å². The third-order valence-electron chi connectivity index (χ3n) is 1.60. The summed E-state index contributed by atoms with van der Waals surface area (Å²) in [7, 11) is 0. The maximum absolute atomic E-state index is 5.49. The smallest absolute Gasteiger partial charge is 0.223 e. The maximum atomic E-state index is 5.49. The normalized spacial score (nSPS) is 10.1. The minimum atomic E-state index is 0.116. The van der Waals surface area contributed by atoms with Crippen LogP contribution in [0.25, 0.3) is 0 Å². The zero-order valence-electron chi connectivity index (χ0n) is 7.71. The molecule has 2 aromatic heterocycles. The van der Waals surface area contributed by atoms with Gasteiger partial charge in [-0.15, -0.1) is 0 Å². The number of rotatable bonds is 3. The first-order valence-corrected chi connectivity index (χ1v) is 4.13. The van der Waals surface area contributed by atoms with E-state index in [4.69, 9.17) is 11.5 Å². The van der Waals surface area contributed by atoms with Gasteiger partial charge in [0.2, 0.25) is 12.3 Å². The molecule has 2 heterocycles. The largest absolute Gasteiger partial charge is 0.383 e. The van der Waals surface area contributed by atoms with Gasteiger partial charge in [-0.1, -0.05) is 5.16 Å². The van der Waals surface area contributed by atoms with Crippen molar-refractivity contribution in [3.8, 4) is 0 Å². The fraction of sp³-hybridized carbons (Fsp3) is 0.143. The maximum Gasteiger partial charge on any atom is 0.223 e. The molecule has 0 amide bonds. The number of nitrogen functional groups attached to an aromatic ring is 2. The van der Waals surface area contributed by atoms with Gasteiger partial charge in [-0.3, -0.25) is 0 Å². The highest BCUT2D eigenvalue weighted by atomic mass is 16.5. The van der Waals surface area contributed by atoms with E-state index in [1.165, 1.54) is 6.39 Å². The second-order valence-corrected chi connectivity index (χ2v) is 2.74. The van der Waals surface area contributed by atoms with Crippen LogP contribution < -0.4 is 16.8 Å². The molecule has 78 valence electrons. The summed E-state index contributed by atoms with van der Waals surface area (Å²) in [6.07, 6.45) is 1.25. The number of aromatic nitrogens is 4. The number of hydrogen-bond donors (Lipinski definition) is 3. The Hall–Kier alpha value is -2.38. The van der Waals surface area contributed by atoms with Crippen LogP contribution >= 0.6 is 0 Å². The number of hydrogen-bond acceptors (Lipinski definition) is 8. The summed E-state index contributed by atoms with van der Waals surface area (Å²) in [4.78, 5) is 11.5. The van der Waals surface area contributed by atoms with E-state index < -0.39 is 0 Å². The molecule has 8 nitrogen and oxygen atoms in total. The lowest BCUT2D eigenvalue weighted by atomic mass is 10.5. The average molecular weight is 207 g/mol. The molecule has 8 heteroatoms. The van der Waals surface area contributed by atoms with Gasteiger partial charge in [-0.25, -0.2) is 0 Å². The number of nitrogens with two attached hydrogens (primary N) is 2. The van der Waals surface area contributed by atoms with Gasteiger partial charge in [0.05, 0.1) is 6.54 Å². The van der Waals surface area contributed by atoms with Crippen molar-refractivity contribution in [1.82, 2.24) is 20.1 Å². The molecule has 0 atom stereocenters. The Bertz CT molecular complexity index is 420. The van der Waals surface area contributed by atoms with Gasteiger partial charge >= 0.3 is 0 Å². The first kappa shape index (κ1) is 9.19. The van der Waals surface area contributed by atoms with Crippen LogP contribution in [0.3, 0.4) is 0 Å². The standard InChI is InChI=1S/C7H9N7O/c8-4-1-5(13-7(9)12-4)10-2-6-11-3-15-14-6/h1,3H,2H2,(H5,8,9,10,12,13). The van der Waals surface area contributed by atoms with E-state index in [0.29, 0.717) is 24.0 Å². The molecule has 15 heavy (non-hydrogen) atoms. The van der Waals surface area contributed by atoms with Crippen molar-refractivity contribution in [2.24, 2.45) is 0 Å². The van der Waals surface area contributed by atoms with Crippen LogP contribution in [0.1, 0.15) is 5.82 Å². The fourth-order valence-electron chi connectivity index (χ4n) is 1.02. The van der Waals surface area contributed by atoms with E-state index in [2.05, 4.69) is 29.9 Å². The number of nitrogens with zero attached hydrogens (tertiary/aromatic N) is 4. The summed E-state index contributed by atoms with van der Waals surface area (Å²) in [5.74, 6) is 1.46. The van der Waals surface area contributed by atoms with Crippen molar-refractivity contribution in [3.05, 3.63) is 18.3 Å². The molecule has 0 spiro atoms. The van der Waals surface area contributed by atoms with E-state index in [-0.39, 0.29) is 5.95 Å². The average Bonchev–Trinajstić information content (AvgIpc) is 2.65. The lowest BCUT2D eigenvalue weighted by molar-refractivity contribution is 0.411. The quantitative estimate of drug-likeness (QED) is 0.622. The predicted octanol–water partition coefficient (Wildman–Crippen LogP) is -0.364. The predicted molar refractivity (Wildman–Crippen MR) is 52.5 cm³/mol. The molecule has 5 N–H and O–H groups in total. The molecule has 2 rings (SSSR count). The third kappa shape index (κ3) is 2.30. The summed E-state index contributed by atoms with van der Waals surface area (Å²) in [5, 5.41) is 6.55. The van der Waals surface area contributed by atoms with Crippen LogP contribution in [-0.4, -0.2) is 20.1 Å². The molecular weight excluding hydrogens is 198 g/mol. The van der Waals surface area contributed by atoms with Crippen molar-refractivity contribution in [2.75, 3.05) is 16.8 Å². The Morgan fingerprint density at radius 2 is 2.20 bits per heavy atom. The molecular formula is C7H9N7O. The number of anilines is 3. The van der Waals surface area contributed by atoms with Crippen LogP contribution in [0.2, 0.25) is 0 Å². The summed E-state index contributed by atoms with van der Waals surface area (Å²) >= 11 is 0. The summed E-state index contributed by atoms with van der Waals surface area (Å²) in [5.41, 5.74) is 10.9. The van der Waals surface area contributed by atoms with Crippen LogP contribution in [0, 0.1) is 0 Å². The second kappa shape index (κ2) is 3.78. The monoisotopic (exact) mass is 207 g/mol. The lowest BCUT2D eigenvalue weighted by Crippen LogP contribution is -2.06. The van der Waals surface area contributed by atoms with Gasteiger partial charge < -0.3 is 21.3 Å². The topological polar surface area (TPSA) is 129 Å². The molecule has 0 saturated carbocycles. The number of nitrogens with one attached hydrogen (secondary N) is 1. The van der Waals surface area contributed by atoms with E-state index in [1.54, 1.807) is 6.07 Å². The highest BCUT2D eigenvalue weighted by Gasteiger charge is 2.01. The molecule has 0 aromatic carbocycles. The minimum Gasteiger partial charge on any atom is -0.383 e. The van der Waals surface area contributed by atoms with Crippen molar-refractivity contribution in [3.63, 3.8) is 0 Å². The Balaban J connectivity index is 2.05. The van der Waals surface area contributed by atoms with E-state index in [1.807, 2.05) is 0 Å². The van der Waals surface area contributed by atoms with Crippen molar-refractivity contribution in [2.45, 2.75) is 6.54 Å². The van der Waals surface area contributed by atoms with Crippen molar-refractivity contribution < 1.29 is 4.52 Å². The van der Waals surface area contributed by atoms with Gasteiger partial charge in [0.15, 0.2) is 5.82 Å². The first-order chi connectivity index (χ1) is 7.24. The molecule has 2 aromatic rings. The molecule has 0 saturated heterocycles. The SMILES string of the molecule is Nc1cc(NCc2ncon2)nc(N)n1. The highest BCUT2D eigenvalue weighted by molar-refractivity contribution is 5.48. The van der Waals surface area contributed by atoms with Gasteiger partial charge in [-0.05, 0) is 0 Å². The minimum absolute atomic E-state index is 0.116. The van der Waals surface area contributed by atoms with E-state index in [9.17, 15) is 0 Å². The highest BCUT2D eigenvalue weighted by Crippen LogP contribution is 2.09. The Kier molecular flexibility index (Phi) is 2.31. The second-order valence-electron chi connectivity index (χ2n) is 2.74. The van der Waals surface area contributed by atoms with Gasteiger partial charge in [0.1, 0.15) is 11.6 Å². The van der Waals surface area contributed by atoms with Crippen molar-refractivity contribution >= 4 is 17.6 Å². The molecule has 0 aliphatic carbocycles. The Morgan fingerprint density at radius 3 is 2.87 bits per heavy atom. The van der Waals surface area contributed by atoms with E-state index in [0.717, 1.165) is 0 Å². The lowest BCUT2D eigenvalue weighted by Gasteiger charge is -2.03. The van der Waals surface area contributed by atoms with Crippen LogP contribution in [0.15, 0.2) is 17.0 Å². The molecule has 0 aliphatic heterocycles. The molecule has 0 aliphatic rings.